The number of hydrogen-bond donors (Lipinski definition) is 2. The third-order valence-corrected chi connectivity index (χ3v) is 3.10. The molecule has 1 heterocycles. The molecule has 0 atom stereocenters. The summed E-state index contributed by atoms with van der Waals surface area (Å²) in [7, 11) is 0. The quantitative estimate of drug-likeness (QED) is 0.851. The van der Waals surface area contributed by atoms with Gasteiger partial charge in [-0.25, -0.2) is 0 Å². The molecule has 3 heteroatoms. The molecule has 0 radical (unpaired) electrons. The van der Waals surface area contributed by atoms with E-state index in [-0.39, 0.29) is 0 Å². The van der Waals surface area contributed by atoms with Crippen LogP contribution >= 0.6 is 11.8 Å². The van der Waals surface area contributed by atoms with Gasteiger partial charge in [0, 0.05) is 12.0 Å². The molecule has 0 saturated carbocycles. The van der Waals surface area contributed by atoms with Crippen molar-refractivity contribution in [1.82, 2.24) is 10.9 Å². The van der Waals surface area contributed by atoms with Gasteiger partial charge in [0.15, 0.2) is 0 Å². The van der Waals surface area contributed by atoms with Crippen LogP contribution in [-0.4, -0.2) is 0 Å². The minimum Gasteiger partial charge on any atom is -0.307 e. The zero-order valence-electron chi connectivity index (χ0n) is 10.7. The number of thioether (sulfide) groups is 1. The molecule has 0 amide bonds. The molecule has 0 fully saturated rings. The minimum atomic E-state index is 0.995. The molecule has 1 aromatic carbocycles. The Labute approximate surface area is 108 Å². The fourth-order valence-corrected chi connectivity index (χ4v) is 2.23. The highest BCUT2D eigenvalue weighted by atomic mass is 32.2. The van der Waals surface area contributed by atoms with E-state index in [1.165, 1.54) is 16.2 Å². The molecule has 0 spiro atoms. The second kappa shape index (κ2) is 7.85. The third-order valence-electron chi connectivity index (χ3n) is 2.09. The van der Waals surface area contributed by atoms with Gasteiger partial charge in [0.25, 0.3) is 0 Å². The van der Waals surface area contributed by atoms with Gasteiger partial charge >= 0.3 is 0 Å². The van der Waals surface area contributed by atoms with E-state index < -0.39 is 0 Å². The number of nitrogens with one attached hydrogen (secondary N) is 2. The van der Waals surface area contributed by atoms with Gasteiger partial charge in [-0.1, -0.05) is 44.2 Å². The molecule has 0 unspecified atom stereocenters. The van der Waals surface area contributed by atoms with Crippen LogP contribution in [0, 0.1) is 0 Å². The van der Waals surface area contributed by atoms with Crippen molar-refractivity contribution in [2.45, 2.75) is 26.5 Å². The molecule has 0 bridgehead atoms. The predicted octanol–water partition coefficient (Wildman–Crippen LogP) is 3.80. The first-order chi connectivity index (χ1) is 8.34. The van der Waals surface area contributed by atoms with E-state index in [0.29, 0.717) is 0 Å². The summed E-state index contributed by atoms with van der Waals surface area (Å²) < 4.78 is 0. The number of rotatable bonds is 3. The lowest BCUT2D eigenvalue weighted by molar-refractivity contribution is 0.747. The van der Waals surface area contributed by atoms with Crippen LogP contribution in [0.4, 0.5) is 0 Å². The van der Waals surface area contributed by atoms with Crippen LogP contribution in [0.25, 0.3) is 0 Å². The fraction of sp³-hybridized carbons (Fsp3) is 0.286. The second-order valence-electron chi connectivity index (χ2n) is 3.44. The van der Waals surface area contributed by atoms with Crippen LogP contribution < -0.4 is 10.9 Å². The van der Waals surface area contributed by atoms with Crippen LogP contribution in [0.3, 0.4) is 0 Å². The van der Waals surface area contributed by atoms with Gasteiger partial charge in [-0.2, -0.15) is 0 Å². The molecular weight excluding hydrogens is 228 g/mol. The van der Waals surface area contributed by atoms with Crippen molar-refractivity contribution in [2.75, 3.05) is 0 Å². The normalized spacial score (nSPS) is 13.4. The topological polar surface area (TPSA) is 24.1 Å². The second-order valence-corrected chi connectivity index (χ2v) is 4.46. The van der Waals surface area contributed by atoms with Crippen LogP contribution in [-0.2, 0) is 5.75 Å². The Bertz CT molecular complexity index is 382. The molecule has 1 aromatic rings. The maximum Gasteiger partial charge on any atom is 0.0875 e. The first-order valence-corrected chi connectivity index (χ1v) is 6.90. The number of hydrazine groups is 1. The zero-order valence-corrected chi connectivity index (χ0v) is 11.5. The molecule has 2 nitrogen and oxygen atoms in total. The summed E-state index contributed by atoms with van der Waals surface area (Å²) in [5.74, 6) is 0.995. The average Bonchev–Trinajstić information content (AvgIpc) is 2.40. The first kappa shape index (κ1) is 13.7. The van der Waals surface area contributed by atoms with Gasteiger partial charge < -0.3 is 5.43 Å². The number of hydrogen-bond acceptors (Lipinski definition) is 3. The van der Waals surface area contributed by atoms with Crippen molar-refractivity contribution >= 4 is 11.8 Å². The Balaban J connectivity index is 0.000000686. The predicted molar refractivity (Wildman–Crippen MR) is 77.2 cm³/mol. The lowest BCUT2D eigenvalue weighted by atomic mass is 10.2. The smallest absolute Gasteiger partial charge is 0.0875 e. The largest absolute Gasteiger partial charge is 0.307 e. The molecule has 1 aliphatic rings. The lowest BCUT2D eigenvalue weighted by Gasteiger charge is -2.15. The Hall–Kier alpha value is -1.35. The minimum absolute atomic E-state index is 0.995. The van der Waals surface area contributed by atoms with Gasteiger partial charge in [0.2, 0.25) is 0 Å². The Morgan fingerprint density at radius 1 is 1.12 bits per heavy atom. The molecule has 1 aliphatic heterocycles. The van der Waals surface area contributed by atoms with Crippen molar-refractivity contribution in [1.29, 1.82) is 0 Å². The highest BCUT2D eigenvalue weighted by Crippen LogP contribution is 2.21. The van der Waals surface area contributed by atoms with E-state index in [1.54, 1.807) is 11.8 Å². The highest BCUT2D eigenvalue weighted by Gasteiger charge is 2.02. The standard InChI is InChI=1S/C12H14N2S.C2H6/c1-10-7-12(14-13-8-10)15-9-11-5-3-2-4-6-11;1-2/h2-8,13-14H,9H2,1H3;1-2H3. The molecule has 0 aromatic heterocycles. The molecule has 0 saturated heterocycles. The fourth-order valence-electron chi connectivity index (χ4n) is 1.32. The van der Waals surface area contributed by atoms with Crippen molar-refractivity contribution in [3.63, 3.8) is 0 Å². The maximum atomic E-state index is 3.12. The molecular formula is C14H20N2S. The summed E-state index contributed by atoms with van der Waals surface area (Å²) in [5, 5.41) is 1.17. The maximum absolute atomic E-state index is 3.12. The summed E-state index contributed by atoms with van der Waals surface area (Å²) in [6, 6.07) is 10.5. The monoisotopic (exact) mass is 248 g/mol. The van der Waals surface area contributed by atoms with Crippen LogP contribution in [0.5, 0.6) is 0 Å². The van der Waals surface area contributed by atoms with E-state index in [0.717, 1.165) is 5.75 Å². The van der Waals surface area contributed by atoms with Crippen molar-refractivity contribution in [3.05, 3.63) is 58.8 Å². The lowest BCUT2D eigenvalue weighted by Crippen LogP contribution is -2.27. The summed E-state index contributed by atoms with van der Waals surface area (Å²) >= 11 is 1.80. The average molecular weight is 248 g/mol. The number of benzene rings is 1. The van der Waals surface area contributed by atoms with Crippen molar-refractivity contribution in [3.8, 4) is 0 Å². The summed E-state index contributed by atoms with van der Waals surface area (Å²) in [6.45, 7) is 6.08. The SMILES string of the molecule is CC.CC1=CNNC(SCc2ccccc2)=C1. The van der Waals surface area contributed by atoms with E-state index >= 15 is 0 Å². The highest BCUT2D eigenvalue weighted by molar-refractivity contribution is 8.02. The molecule has 92 valence electrons. The van der Waals surface area contributed by atoms with Gasteiger partial charge in [-0.15, -0.1) is 11.8 Å². The van der Waals surface area contributed by atoms with Crippen LogP contribution in [0.15, 0.2) is 53.2 Å². The Kier molecular flexibility index (Phi) is 6.33. The Morgan fingerprint density at radius 3 is 2.47 bits per heavy atom. The van der Waals surface area contributed by atoms with Crippen molar-refractivity contribution in [2.24, 2.45) is 0 Å². The van der Waals surface area contributed by atoms with E-state index in [9.17, 15) is 0 Å². The van der Waals surface area contributed by atoms with Gasteiger partial charge in [-0.3, -0.25) is 5.43 Å². The van der Waals surface area contributed by atoms with Crippen LogP contribution in [0.1, 0.15) is 26.3 Å². The molecule has 17 heavy (non-hydrogen) atoms. The molecule has 0 aliphatic carbocycles. The zero-order chi connectivity index (χ0) is 12.5. The van der Waals surface area contributed by atoms with E-state index in [4.69, 9.17) is 0 Å². The van der Waals surface area contributed by atoms with Gasteiger partial charge in [0.05, 0.1) is 5.03 Å². The summed E-state index contributed by atoms with van der Waals surface area (Å²) in [4.78, 5) is 0. The van der Waals surface area contributed by atoms with Gasteiger partial charge in [0.1, 0.15) is 0 Å². The van der Waals surface area contributed by atoms with E-state index in [2.05, 4.69) is 48.1 Å². The molecule has 2 N–H and O–H groups in total. The summed E-state index contributed by atoms with van der Waals surface area (Å²) in [5.41, 5.74) is 8.72. The Morgan fingerprint density at radius 2 is 1.82 bits per heavy atom. The third kappa shape index (κ3) is 5.00. The number of allylic oxidation sites excluding steroid dienone is 2. The van der Waals surface area contributed by atoms with E-state index in [1.807, 2.05) is 26.1 Å². The molecule has 2 rings (SSSR count). The van der Waals surface area contributed by atoms with Crippen molar-refractivity contribution < 1.29 is 0 Å². The van der Waals surface area contributed by atoms with Crippen LogP contribution in [0.2, 0.25) is 0 Å². The van der Waals surface area contributed by atoms with Gasteiger partial charge in [-0.05, 0) is 24.1 Å². The summed E-state index contributed by atoms with van der Waals surface area (Å²) in [6.07, 6.45) is 4.09. The first-order valence-electron chi connectivity index (χ1n) is 5.91.